The van der Waals surface area contributed by atoms with Crippen LogP contribution in [0, 0.1) is 10.1 Å². The number of nitro groups is 1. The van der Waals surface area contributed by atoms with Crippen molar-refractivity contribution in [2.24, 2.45) is 0 Å². The molecule has 1 amide bonds. The van der Waals surface area contributed by atoms with Gasteiger partial charge in [-0.1, -0.05) is 58.8 Å². The lowest BCUT2D eigenvalue weighted by Gasteiger charge is -2.15. The fraction of sp³-hybridized carbons (Fsp3) is 0.0588. The van der Waals surface area contributed by atoms with Crippen LogP contribution in [0.5, 0.6) is 5.75 Å². The number of hydrogen-bond acceptors (Lipinski definition) is 6. The van der Waals surface area contributed by atoms with E-state index in [1.54, 1.807) is 18.2 Å². The third-order valence-corrected chi connectivity index (χ3v) is 5.96. The van der Waals surface area contributed by atoms with Gasteiger partial charge in [0.25, 0.3) is 11.6 Å². The summed E-state index contributed by atoms with van der Waals surface area (Å²) in [5, 5.41) is 11.5. The molecule has 0 atom stereocenters. The molecule has 0 N–H and O–H groups in total. The summed E-state index contributed by atoms with van der Waals surface area (Å²) in [7, 11) is 1.48. The maximum atomic E-state index is 12.9. The highest BCUT2D eigenvalue weighted by molar-refractivity contribution is 8.27. The van der Waals surface area contributed by atoms with Gasteiger partial charge in [-0.15, -0.1) is 0 Å². The monoisotopic (exact) mass is 474 g/mol. The van der Waals surface area contributed by atoms with E-state index in [0.717, 1.165) is 11.8 Å². The molecule has 1 saturated heterocycles. The van der Waals surface area contributed by atoms with Gasteiger partial charge in [0.1, 0.15) is 10.8 Å². The average Bonchev–Trinajstić information content (AvgIpc) is 2.90. The Morgan fingerprint density at radius 2 is 1.89 bits per heavy atom. The van der Waals surface area contributed by atoms with E-state index in [1.807, 2.05) is 0 Å². The number of carbonyl (C=O) groups excluding carboxylic acids is 1. The number of methoxy groups -OCH3 is 1. The molecule has 0 aliphatic carbocycles. The topological polar surface area (TPSA) is 72.7 Å². The predicted molar refractivity (Wildman–Crippen MR) is 117 cm³/mol. The van der Waals surface area contributed by atoms with E-state index in [0.29, 0.717) is 16.5 Å². The quantitative estimate of drug-likeness (QED) is 0.235. The Hall–Kier alpha value is -1.84. The SMILES string of the molecule is COc1ccc(N2C(=O)/C(=C/c3cc([N+](=O)[O-])c(Cl)cc3Cl)SC2=S)cc1Cl. The van der Waals surface area contributed by atoms with Crippen molar-refractivity contribution in [3.05, 3.63) is 66.0 Å². The summed E-state index contributed by atoms with van der Waals surface area (Å²) >= 11 is 24.5. The van der Waals surface area contributed by atoms with Gasteiger partial charge >= 0.3 is 0 Å². The largest absolute Gasteiger partial charge is 0.495 e. The van der Waals surface area contributed by atoms with E-state index in [1.165, 1.54) is 30.2 Å². The van der Waals surface area contributed by atoms with E-state index in [9.17, 15) is 14.9 Å². The Morgan fingerprint density at radius 1 is 1.18 bits per heavy atom. The molecule has 1 aliphatic rings. The summed E-state index contributed by atoms with van der Waals surface area (Å²) in [6.45, 7) is 0. The van der Waals surface area contributed by atoms with Crippen molar-refractivity contribution in [2.75, 3.05) is 12.0 Å². The first-order chi connectivity index (χ1) is 13.2. The van der Waals surface area contributed by atoms with Crippen LogP contribution >= 0.6 is 58.8 Å². The number of anilines is 1. The predicted octanol–water partition coefficient (Wildman–Crippen LogP) is 5.97. The van der Waals surface area contributed by atoms with Crippen LogP contribution in [0.25, 0.3) is 6.08 Å². The number of halogens is 3. The van der Waals surface area contributed by atoms with Crippen molar-refractivity contribution < 1.29 is 14.5 Å². The van der Waals surface area contributed by atoms with Gasteiger partial charge in [0.15, 0.2) is 4.32 Å². The summed E-state index contributed by atoms with van der Waals surface area (Å²) in [5.41, 5.74) is 0.450. The third-order valence-electron chi connectivity index (χ3n) is 3.74. The number of nitro benzene ring substituents is 1. The van der Waals surface area contributed by atoms with Crippen LogP contribution in [0.3, 0.4) is 0 Å². The average molecular weight is 476 g/mol. The van der Waals surface area contributed by atoms with Gasteiger partial charge in [0, 0.05) is 16.7 Å². The maximum absolute atomic E-state index is 12.9. The van der Waals surface area contributed by atoms with Gasteiger partial charge in [0.2, 0.25) is 0 Å². The van der Waals surface area contributed by atoms with Gasteiger partial charge in [-0.25, -0.2) is 0 Å². The Kier molecular flexibility index (Phi) is 6.16. The fourth-order valence-electron chi connectivity index (χ4n) is 2.43. The number of amides is 1. The normalized spacial score (nSPS) is 15.4. The second kappa shape index (κ2) is 8.26. The number of ether oxygens (including phenoxy) is 1. The summed E-state index contributed by atoms with van der Waals surface area (Å²) in [6, 6.07) is 7.31. The van der Waals surface area contributed by atoms with E-state index in [-0.39, 0.29) is 30.5 Å². The minimum Gasteiger partial charge on any atom is -0.495 e. The molecule has 0 radical (unpaired) electrons. The molecule has 0 unspecified atom stereocenters. The fourth-order valence-corrected chi connectivity index (χ4v) is 4.48. The molecule has 0 bridgehead atoms. The van der Waals surface area contributed by atoms with E-state index < -0.39 is 10.8 Å². The molecule has 144 valence electrons. The number of thiocarbonyl (C=S) groups is 1. The minimum absolute atomic E-state index is 0.0902. The van der Waals surface area contributed by atoms with Gasteiger partial charge < -0.3 is 4.74 Å². The molecule has 28 heavy (non-hydrogen) atoms. The van der Waals surface area contributed by atoms with E-state index in [4.69, 9.17) is 51.8 Å². The molecule has 2 aromatic carbocycles. The highest BCUT2D eigenvalue weighted by Crippen LogP contribution is 2.40. The molecule has 6 nitrogen and oxygen atoms in total. The zero-order chi connectivity index (χ0) is 20.6. The number of hydrogen-bond donors (Lipinski definition) is 0. The smallest absolute Gasteiger partial charge is 0.288 e. The first-order valence-corrected chi connectivity index (χ1v) is 9.83. The number of rotatable bonds is 4. The maximum Gasteiger partial charge on any atom is 0.288 e. The number of nitrogens with zero attached hydrogens (tertiary/aromatic N) is 2. The summed E-state index contributed by atoms with van der Waals surface area (Å²) < 4.78 is 5.39. The van der Waals surface area contributed by atoms with Crippen LogP contribution in [-0.2, 0) is 4.79 Å². The molecule has 0 aromatic heterocycles. The van der Waals surface area contributed by atoms with Gasteiger partial charge in [-0.05, 0) is 30.3 Å². The van der Waals surface area contributed by atoms with Crippen LogP contribution in [0.15, 0.2) is 35.2 Å². The molecular formula is C17H9Cl3N2O4S2. The number of benzene rings is 2. The van der Waals surface area contributed by atoms with Crippen molar-refractivity contribution in [3.8, 4) is 5.75 Å². The lowest BCUT2D eigenvalue weighted by Crippen LogP contribution is -2.27. The lowest BCUT2D eigenvalue weighted by atomic mass is 10.1. The van der Waals surface area contributed by atoms with Crippen LogP contribution < -0.4 is 9.64 Å². The molecule has 1 fully saturated rings. The highest BCUT2D eigenvalue weighted by Gasteiger charge is 2.34. The standard InChI is InChI=1S/C17H9Cl3N2O4S2/c1-26-14-3-2-9(6-12(14)20)21-16(23)15(28-17(21)27)5-8-4-13(22(24)25)11(19)7-10(8)18/h2-7H,1H3/b15-5-. The Labute approximate surface area is 184 Å². The number of carbonyl (C=O) groups is 1. The Balaban J connectivity index is 1.99. The zero-order valence-electron chi connectivity index (χ0n) is 13.9. The van der Waals surface area contributed by atoms with Gasteiger partial charge in [0.05, 0.1) is 27.6 Å². The summed E-state index contributed by atoms with van der Waals surface area (Å²) in [5.74, 6) is 0.0663. The van der Waals surface area contributed by atoms with Crippen LogP contribution in [-0.4, -0.2) is 22.3 Å². The molecule has 2 aromatic rings. The Morgan fingerprint density at radius 3 is 2.50 bits per heavy atom. The molecule has 0 spiro atoms. The summed E-state index contributed by atoms with van der Waals surface area (Å²) in [6.07, 6.45) is 1.44. The lowest BCUT2D eigenvalue weighted by molar-refractivity contribution is -0.384. The summed E-state index contributed by atoms with van der Waals surface area (Å²) in [4.78, 5) is 24.9. The van der Waals surface area contributed by atoms with Crippen molar-refractivity contribution in [1.29, 1.82) is 0 Å². The molecule has 0 saturated carbocycles. The third kappa shape index (κ3) is 3.97. The first-order valence-electron chi connectivity index (χ1n) is 7.48. The number of thioether (sulfide) groups is 1. The molecule has 3 rings (SSSR count). The highest BCUT2D eigenvalue weighted by atomic mass is 35.5. The van der Waals surface area contributed by atoms with Crippen molar-refractivity contribution >= 4 is 86.5 Å². The van der Waals surface area contributed by atoms with Crippen molar-refractivity contribution in [1.82, 2.24) is 0 Å². The zero-order valence-corrected chi connectivity index (χ0v) is 17.8. The minimum atomic E-state index is -0.624. The van der Waals surface area contributed by atoms with E-state index >= 15 is 0 Å². The van der Waals surface area contributed by atoms with Crippen LogP contribution in [0.4, 0.5) is 11.4 Å². The van der Waals surface area contributed by atoms with E-state index in [2.05, 4.69) is 0 Å². The van der Waals surface area contributed by atoms with Gasteiger partial charge in [-0.2, -0.15) is 0 Å². The molecule has 1 heterocycles. The molecule has 11 heteroatoms. The van der Waals surface area contributed by atoms with Crippen LogP contribution in [0.2, 0.25) is 15.1 Å². The second-order valence-corrected chi connectivity index (χ2v) is 8.32. The van der Waals surface area contributed by atoms with Gasteiger partial charge in [-0.3, -0.25) is 19.8 Å². The van der Waals surface area contributed by atoms with Crippen molar-refractivity contribution in [2.45, 2.75) is 0 Å². The second-order valence-electron chi connectivity index (χ2n) is 5.42. The van der Waals surface area contributed by atoms with Crippen LogP contribution in [0.1, 0.15) is 5.56 Å². The first kappa shape index (κ1) is 20.9. The molecule has 1 aliphatic heterocycles. The Bertz CT molecular complexity index is 1060. The van der Waals surface area contributed by atoms with Crippen molar-refractivity contribution in [3.63, 3.8) is 0 Å². The molecular weight excluding hydrogens is 467 g/mol.